The third-order valence-electron chi connectivity index (χ3n) is 8.28. The zero-order chi connectivity index (χ0) is 30.3. The second-order valence-electron chi connectivity index (χ2n) is 11.4. The van der Waals surface area contributed by atoms with Gasteiger partial charge in [-0.1, -0.05) is 25.8 Å². The van der Waals surface area contributed by atoms with E-state index in [1.54, 1.807) is 11.0 Å². The van der Waals surface area contributed by atoms with E-state index in [9.17, 15) is 14.7 Å². The number of ketones is 1. The predicted molar refractivity (Wildman–Crippen MR) is 164 cm³/mol. The van der Waals surface area contributed by atoms with E-state index >= 15 is 0 Å². The molecule has 5 rings (SSSR count). The number of nitrogens with zero attached hydrogens (tertiary/aromatic N) is 2. The smallest absolute Gasteiger partial charge is 0.295 e. The molecule has 0 aliphatic carbocycles. The van der Waals surface area contributed by atoms with Crippen molar-refractivity contribution in [2.45, 2.75) is 65.0 Å². The molecule has 3 aliphatic rings. The van der Waals surface area contributed by atoms with Gasteiger partial charge < -0.3 is 29.0 Å². The van der Waals surface area contributed by atoms with Crippen LogP contribution in [0.15, 0.2) is 42.0 Å². The van der Waals surface area contributed by atoms with E-state index in [0.717, 1.165) is 50.2 Å². The molecule has 2 fully saturated rings. The van der Waals surface area contributed by atoms with Crippen LogP contribution in [-0.2, 0) is 20.7 Å². The number of rotatable bonds is 13. The van der Waals surface area contributed by atoms with E-state index in [1.807, 2.05) is 44.2 Å². The van der Waals surface area contributed by atoms with Gasteiger partial charge in [-0.05, 0) is 68.1 Å². The minimum atomic E-state index is -0.763. The molecule has 2 atom stereocenters. The number of carbonyl (C=O) groups is 2. The third-order valence-corrected chi connectivity index (χ3v) is 8.28. The third kappa shape index (κ3) is 6.99. The van der Waals surface area contributed by atoms with Crippen molar-refractivity contribution in [1.82, 2.24) is 9.80 Å². The number of benzene rings is 2. The lowest BCUT2D eigenvalue weighted by molar-refractivity contribution is -0.140. The van der Waals surface area contributed by atoms with Gasteiger partial charge in [-0.2, -0.15) is 0 Å². The van der Waals surface area contributed by atoms with Crippen LogP contribution < -0.4 is 14.2 Å². The second kappa shape index (κ2) is 14.3. The summed E-state index contributed by atoms with van der Waals surface area (Å²) >= 11 is 0. The minimum absolute atomic E-state index is 0.0455. The van der Waals surface area contributed by atoms with Crippen molar-refractivity contribution in [3.05, 3.63) is 58.7 Å². The molecule has 9 nitrogen and oxygen atoms in total. The summed E-state index contributed by atoms with van der Waals surface area (Å²) in [6.07, 6.45) is 4.57. The summed E-state index contributed by atoms with van der Waals surface area (Å²) in [5.41, 5.74) is 2.24. The molecule has 0 unspecified atom stereocenters. The number of aliphatic hydroxyl groups excluding tert-OH is 1. The number of hydrogen-bond acceptors (Lipinski definition) is 8. The fraction of sp³-hybridized carbons (Fsp3) is 0.529. The van der Waals surface area contributed by atoms with Gasteiger partial charge in [0.15, 0.2) is 11.5 Å². The standard InChI is InChI=1S/C34H44N2O7/c1-4-6-7-17-42-28-12-9-24(22-29(28)41-5-2)31-30(32(37)25-10-11-27-26(21-25)20-23(3)43-27)33(38)34(39)36(31)14-8-13-35-15-18-40-19-16-35/h9-12,21-23,31,37H,4-8,13-20H2,1-3H3/t23-,31-/m1/s1. The molecule has 2 aromatic rings. The Morgan fingerprint density at radius 2 is 1.79 bits per heavy atom. The molecule has 0 saturated carbocycles. The van der Waals surface area contributed by atoms with E-state index in [-0.39, 0.29) is 17.4 Å². The molecule has 1 N–H and O–H groups in total. The monoisotopic (exact) mass is 592 g/mol. The van der Waals surface area contributed by atoms with Crippen LogP contribution in [0.25, 0.3) is 5.76 Å². The first kappa shape index (κ1) is 30.9. The van der Waals surface area contributed by atoms with Crippen molar-refractivity contribution in [3.8, 4) is 17.2 Å². The van der Waals surface area contributed by atoms with E-state index in [4.69, 9.17) is 18.9 Å². The summed E-state index contributed by atoms with van der Waals surface area (Å²) in [7, 11) is 0. The summed E-state index contributed by atoms with van der Waals surface area (Å²) in [4.78, 5) is 31.1. The predicted octanol–water partition coefficient (Wildman–Crippen LogP) is 5.12. The number of amides is 1. The van der Waals surface area contributed by atoms with Gasteiger partial charge in [0.25, 0.3) is 11.7 Å². The molecule has 1 amide bonds. The second-order valence-corrected chi connectivity index (χ2v) is 11.4. The normalized spacial score (nSPS) is 21.6. The number of likely N-dealkylation sites (tertiary alicyclic amines) is 1. The number of fused-ring (bicyclic) bond motifs is 1. The largest absolute Gasteiger partial charge is 0.507 e. The van der Waals surface area contributed by atoms with Crippen molar-refractivity contribution in [2.75, 3.05) is 52.6 Å². The Morgan fingerprint density at radius 1 is 0.977 bits per heavy atom. The van der Waals surface area contributed by atoms with E-state index in [2.05, 4.69) is 11.8 Å². The number of unbranched alkanes of at least 4 members (excludes halogenated alkanes) is 2. The Hall–Kier alpha value is -3.56. The van der Waals surface area contributed by atoms with Crippen LogP contribution >= 0.6 is 0 Å². The van der Waals surface area contributed by atoms with Gasteiger partial charge in [0.2, 0.25) is 0 Å². The van der Waals surface area contributed by atoms with E-state index in [1.165, 1.54) is 0 Å². The SMILES string of the molecule is CCCCCOc1ccc([C@@H]2C(=C(O)c3ccc4c(c3)C[C@@H](C)O4)C(=O)C(=O)N2CCCN2CCOCC2)cc1OCC. The molecule has 3 aliphatic heterocycles. The van der Waals surface area contributed by atoms with Crippen molar-refractivity contribution in [1.29, 1.82) is 0 Å². The quantitative estimate of drug-likeness (QED) is 0.148. The number of aliphatic hydroxyl groups is 1. The molecule has 232 valence electrons. The van der Waals surface area contributed by atoms with Gasteiger partial charge in [0, 0.05) is 38.2 Å². The van der Waals surface area contributed by atoms with Crippen LogP contribution in [0.2, 0.25) is 0 Å². The van der Waals surface area contributed by atoms with E-state index in [0.29, 0.717) is 68.4 Å². The molecule has 2 saturated heterocycles. The molecular weight excluding hydrogens is 548 g/mol. The van der Waals surface area contributed by atoms with Crippen LogP contribution in [0.4, 0.5) is 0 Å². The van der Waals surface area contributed by atoms with Crippen molar-refractivity contribution >= 4 is 17.4 Å². The zero-order valence-corrected chi connectivity index (χ0v) is 25.6. The van der Waals surface area contributed by atoms with Crippen LogP contribution in [-0.4, -0.2) is 85.3 Å². The molecule has 3 heterocycles. The highest BCUT2D eigenvalue weighted by Gasteiger charge is 2.46. The Morgan fingerprint density at radius 3 is 2.56 bits per heavy atom. The van der Waals surface area contributed by atoms with Crippen LogP contribution in [0.5, 0.6) is 17.2 Å². The molecule has 0 radical (unpaired) electrons. The van der Waals surface area contributed by atoms with Crippen molar-refractivity contribution in [3.63, 3.8) is 0 Å². The van der Waals surface area contributed by atoms with Crippen LogP contribution in [0.3, 0.4) is 0 Å². The molecular formula is C34H44N2O7. The molecule has 2 aromatic carbocycles. The summed E-state index contributed by atoms with van der Waals surface area (Å²) in [6, 6.07) is 10.2. The van der Waals surface area contributed by atoms with Crippen molar-refractivity contribution in [2.24, 2.45) is 0 Å². The number of ether oxygens (including phenoxy) is 4. The van der Waals surface area contributed by atoms with Gasteiger partial charge in [-0.3, -0.25) is 14.5 Å². The lowest BCUT2D eigenvalue weighted by Gasteiger charge is -2.29. The lowest BCUT2D eigenvalue weighted by Crippen LogP contribution is -2.39. The topological polar surface area (TPSA) is 97.8 Å². The summed E-state index contributed by atoms with van der Waals surface area (Å²) in [5, 5.41) is 11.6. The Balaban J connectivity index is 1.49. The molecule has 43 heavy (non-hydrogen) atoms. The number of carbonyl (C=O) groups excluding carboxylic acids is 2. The lowest BCUT2D eigenvalue weighted by atomic mass is 9.94. The first-order valence-electron chi connectivity index (χ1n) is 15.7. The van der Waals surface area contributed by atoms with Crippen molar-refractivity contribution < 1.29 is 33.6 Å². The maximum absolute atomic E-state index is 13.6. The van der Waals surface area contributed by atoms with Gasteiger partial charge in [-0.15, -0.1) is 0 Å². The fourth-order valence-electron chi connectivity index (χ4n) is 6.09. The zero-order valence-electron chi connectivity index (χ0n) is 25.6. The fourth-order valence-corrected chi connectivity index (χ4v) is 6.09. The molecule has 0 bridgehead atoms. The Bertz CT molecular complexity index is 1330. The van der Waals surface area contributed by atoms with Crippen LogP contribution in [0, 0.1) is 0 Å². The average molecular weight is 593 g/mol. The first-order chi connectivity index (χ1) is 20.9. The maximum Gasteiger partial charge on any atom is 0.295 e. The Labute approximate surface area is 254 Å². The van der Waals surface area contributed by atoms with E-state index < -0.39 is 17.7 Å². The minimum Gasteiger partial charge on any atom is -0.507 e. The molecule has 0 aromatic heterocycles. The summed E-state index contributed by atoms with van der Waals surface area (Å²) in [5.74, 6) is 0.485. The summed E-state index contributed by atoms with van der Waals surface area (Å²) in [6.45, 7) is 11.3. The number of Topliss-reactive ketones (excluding diaryl/α,β-unsaturated/α-hetero) is 1. The maximum atomic E-state index is 13.6. The van der Waals surface area contributed by atoms with Gasteiger partial charge in [0.1, 0.15) is 17.6 Å². The number of morpholine rings is 1. The highest BCUT2D eigenvalue weighted by molar-refractivity contribution is 6.46. The van der Waals surface area contributed by atoms with Gasteiger partial charge >= 0.3 is 0 Å². The first-order valence-corrected chi connectivity index (χ1v) is 15.7. The van der Waals surface area contributed by atoms with Crippen LogP contribution in [0.1, 0.15) is 69.2 Å². The van der Waals surface area contributed by atoms with Gasteiger partial charge in [-0.25, -0.2) is 0 Å². The Kier molecular flexibility index (Phi) is 10.3. The molecule has 0 spiro atoms. The van der Waals surface area contributed by atoms with Gasteiger partial charge in [0.05, 0.1) is 38.0 Å². The molecule has 9 heteroatoms. The highest BCUT2D eigenvalue weighted by atomic mass is 16.5. The highest BCUT2D eigenvalue weighted by Crippen LogP contribution is 2.43. The summed E-state index contributed by atoms with van der Waals surface area (Å²) < 4.78 is 23.3. The number of hydrogen-bond donors (Lipinski definition) is 1. The average Bonchev–Trinajstić information content (AvgIpc) is 3.51.